The van der Waals surface area contributed by atoms with Gasteiger partial charge in [-0.05, 0) is 39.7 Å². The van der Waals surface area contributed by atoms with E-state index in [4.69, 9.17) is 4.74 Å². The molecule has 0 aliphatic carbocycles. The van der Waals surface area contributed by atoms with Crippen molar-refractivity contribution in [2.24, 2.45) is 7.05 Å². The SMILES string of the molecule is COc1cccc(CN(C)C(=O)c2cc(Br)cn2C)c1. The van der Waals surface area contributed by atoms with E-state index in [0.717, 1.165) is 15.8 Å². The van der Waals surface area contributed by atoms with E-state index in [1.165, 1.54) is 0 Å². The third-order valence-corrected chi connectivity index (χ3v) is 3.52. The molecule has 5 heteroatoms. The number of aryl methyl sites for hydroxylation is 1. The van der Waals surface area contributed by atoms with Crippen LogP contribution in [0.25, 0.3) is 0 Å². The van der Waals surface area contributed by atoms with Crippen molar-refractivity contribution in [1.82, 2.24) is 9.47 Å². The van der Waals surface area contributed by atoms with Gasteiger partial charge in [0.25, 0.3) is 5.91 Å². The lowest BCUT2D eigenvalue weighted by atomic mass is 10.2. The molecule has 2 aromatic rings. The van der Waals surface area contributed by atoms with Crippen molar-refractivity contribution in [1.29, 1.82) is 0 Å². The normalized spacial score (nSPS) is 10.4. The van der Waals surface area contributed by atoms with Crippen molar-refractivity contribution in [3.63, 3.8) is 0 Å². The molecule has 0 radical (unpaired) electrons. The van der Waals surface area contributed by atoms with Crippen LogP contribution in [-0.2, 0) is 13.6 Å². The predicted octanol–water partition coefficient (Wildman–Crippen LogP) is 3.07. The van der Waals surface area contributed by atoms with Gasteiger partial charge in [0.2, 0.25) is 0 Å². The van der Waals surface area contributed by atoms with Crippen molar-refractivity contribution in [3.05, 3.63) is 52.3 Å². The molecule has 1 aromatic carbocycles. The highest BCUT2D eigenvalue weighted by molar-refractivity contribution is 9.10. The van der Waals surface area contributed by atoms with Crippen LogP contribution < -0.4 is 4.74 Å². The van der Waals surface area contributed by atoms with Crippen LogP contribution in [0.3, 0.4) is 0 Å². The Morgan fingerprint density at radius 3 is 2.75 bits per heavy atom. The monoisotopic (exact) mass is 336 g/mol. The number of aromatic nitrogens is 1. The third kappa shape index (κ3) is 3.22. The van der Waals surface area contributed by atoms with Crippen molar-refractivity contribution in [2.45, 2.75) is 6.54 Å². The number of halogens is 1. The summed E-state index contributed by atoms with van der Waals surface area (Å²) in [5.74, 6) is 0.783. The van der Waals surface area contributed by atoms with E-state index in [1.54, 1.807) is 19.1 Å². The van der Waals surface area contributed by atoms with Crippen LogP contribution in [0.1, 0.15) is 16.1 Å². The number of carbonyl (C=O) groups excluding carboxylic acids is 1. The molecule has 0 bridgehead atoms. The molecule has 2 rings (SSSR count). The zero-order chi connectivity index (χ0) is 14.7. The fourth-order valence-electron chi connectivity index (χ4n) is 2.05. The number of hydrogen-bond acceptors (Lipinski definition) is 2. The second-order valence-corrected chi connectivity index (χ2v) is 5.58. The van der Waals surface area contributed by atoms with E-state index in [0.29, 0.717) is 12.2 Å². The van der Waals surface area contributed by atoms with Gasteiger partial charge in [0, 0.05) is 31.3 Å². The van der Waals surface area contributed by atoms with Crippen molar-refractivity contribution in [3.8, 4) is 5.75 Å². The van der Waals surface area contributed by atoms with Crippen molar-refractivity contribution in [2.75, 3.05) is 14.2 Å². The third-order valence-electron chi connectivity index (χ3n) is 3.09. The molecule has 1 amide bonds. The number of methoxy groups -OCH3 is 1. The summed E-state index contributed by atoms with van der Waals surface area (Å²) in [6, 6.07) is 9.55. The molecule has 0 saturated heterocycles. The number of benzene rings is 1. The summed E-state index contributed by atoms with van der Waals surface area (Å²) >= 11 is 3.38. The zero-order valence-electron chi connectivity index (χ0n) is 11.8. The summed E-state index contributed by atoms with van der Waals surface area (Å²) in [7, 11) is 5.29. The summed E-state index contributed by atoms with van der Waals surface area (Å²) in [5, 5.41) is 0. The Morgan fingerprint density at radius 1 is 1.40 bits per heavy atom. The van der Waals surface area contributed by atoms with Crippen LogP contribution in [-0.4, -0.2) is 29.5 Å². The largest absolute Gasteiger partial charge is 0.497 e. The first-order valence-electron chi connectivity index (χ1n) is 6.21. The van der Waals surface area contributed by atoms with E-state index in [9.17, 15) is 4.79 Å². The molecule has 20 heavy (non-hydrogen) atoms. The predicted molar refractivity (Wildman–Crippen MR) is 81.9 cm³/mol. The molecule has 1 aromatic heterocycles. The second-order valence-electron chi connectivity index (χ2n) is 4.67. The number of amides is 1. The maximum Gasteiger partial charge on any atom is 0.270 e. The Kier molecular flexibility index (Phi) is 4.49. The van der Waals surface area contributed by atoms with Gasteiger partial charge in [-0.3, -0.25) is 4.79 Å². The van der Waals surface area contributed by atoms with Gasteiger partial charge in [0.15, 0.2) is 0 Å². The molecular weight excluding hydrogens is 320 g/mol. The molecule has 0 atom stereocenters. The molecular formula is C15H17BrN2O2. The summed E-state index contributed by atoms with van der Waals surface area (Å²) in [5.41, 5.74) is 1.69. The zero-order valence-corrected chi connectivity index (χ0v) is 13.3. The Morgan fingerprint density at radius 2 is 2.15 bits per heavy atom. The van der Waals surface area contributed by atoms with Crippen LogP contribution in [0.15, 0.2) is 41.0 Å². The summed E-state index contributed by atoms with van der Waals surface area (Å²) in [6.45, 7) is 0.541. The Hall–Kier alpha value is -1.75. The fourth-order valence-corrected chi connectivity index (χ4v) is 2.57. The molecule has 0 saturated carbocycles. The highest BCUT2D eigenvalue weighted by atomic mass is 79.9. The van der Waals surface area contributed by atoms with Gasteiger partial charge in [-0.2, -0.15) is 0 Å². The maximum absolute atomic E-state index is 12.4. The highest BCUT2D eigenvalue weighted by Gasteiger charge is 2.16. The molecule has 0 aliphatic heterocycles. The lowest BCUT2D eigenvalue weighted by Gasteiger charge is -2.18. The van der Waals surface area contributed by atoms with E-state index < -0.39 is 0 Å². The first-order valence-corrected chi connectivity index (χ1v) is 7.01. The van der Waals surface area contributed by atoms with Gasteiger partial charge in [0.1, 0.15) is 11.4 Å². The first-order chi connectivity index (χ1) is 9.51. The average molecular weight is 337 g/mol. The number of ether oxygens (including phenoxy) is 1. The quantitative estimate of drug-likeness (QED) is 0.859. The minimum absolute atomic E-state index is 0.0129. The topological polar surface area (TPSA) is 34.5 Å². The fraction of sp³-hybridized carbons (Fsp3) is 0.267. The van der Waals surface area contributed by atoms with Gasteiger partial charge >= 0.3 is 0 Å². The molecule has 1 heterocycles. The van der Waals surface area contributed by atoms with Gasteiger partial charge < -0.3 is 14.2 Å². The first kappa shape index (κ1) is 14.7. The van der Waals surface area contributed by atoms with Crippen LogP contribution in [0.5, 0.6) is 5.75 Å². The minimum atomic E-state index is -0.0129. The van der Waals surface area contributed by atoms with E-state index >= 15 is 0 Å². The number of nitrogens with zero attached hydrogens (tertiary/aromatic N) is 2. The lowest BCUT2D eigenvalue weighted by molar-refractivity contribution is 0.0775. The summed E-state index contributed by atoms with van der Waals surface area (Å²) in [4.78, 5) is 14.1. The molecule has 4 nitrogen and oxygen atoms in total. The lowest BCUT2D eigenvalue weighted by Crippen LogP contribution is -2.27. The van der Waals surface area contributed by atoms with E-state index in [2.05, 4.69) is 15.9 Å². The average Bonchev–Trinajstić information content (AvgIpc) is 2.77. The molecule has 0 aliphatic rings. The molecule has 106 valence electrons. The van der Waals surface area contributed by atoms with Gasteiger partial charge in [-0.25, -0.2) is 0 Å². The van der Waals surface area contributed by atoms with E-state index in [1.807, 2.05) is 48.1 Å². The minimum Gasteiger partial charge on any atom is -0.497 e. The Balaban J connectivity index is 2.13. The molecule has 0 unspecified atom stereocenters. The van der Waals surface area contributed by atoms with Crippen LogP contribution in [0.4, 0.5) is 0 Å². The van der Waals surface area contributed by atoms with Crippen LogP contribution in [0.2, 0.25) is 0 Å². The molecule has 0 spiro atoms. The van der Waals surface area contributed by atoms with Gasteiger partial charge in [-0.15, -0.1) is 0 Å². The smallest absolute Gasteiger partial charge is 0.270 e. The Bertz CT molecular complexity index is 622. The van der Waals surface area contributed by atoms with Crippen molar-refractivity contribution < 1.29 is 9.53 Å². The maximum atomic E-state index is 12.4. The molecule has 0 N–H and O–H groups in total. The van der Waals surface area contributed by atoms with Crippen LogP contribution in [0, 0.1) is 0 Å². The Labute approximate surface area is 127 Å². The molecule has 0 fully saturated rings. The second kappa shape index (κ2) is 6.13. The van der Waals surface area contributed by atoms with Gasteiger partial charge in [-0.1, -0.05) is 12.1 Å². The number of rotatable bonds is 4. The van der Waals surface area contributed by atoms with E-state index in [-0.39, 0.29) is 5.91 Å². The number of carbonyl (C=O) groups is 1. The van der Waals surface area contributed by atoms with Gasteiger partial charge in [0.05, 0.1) is 7.11 Å². The number of hydrogen-bond donors (Lipinski definition) is 0. The van der Waals surface area contributed by atoms with Crippen LogP contribution >= 0.6 is 15.9 Å². The standard InChI is InChI=1S/C15H17BrN2O2/c1-17-10-12(16)8-14(17)15(19)18(2)9-11-5-4-6-13(7-11)20-3/h4-8,10H,9H2,1-3H3. The summed E-state index contributed by atoms with van der Waals surface area (Å²) in [6.07, 6.45) is 1.87. The highest BCUT2D eigenvalue weighted by Crippen LogP contribution is 2.17. The van der Waals surface area contributed by atoms with Crippen molar-refractivity contribution >= 4 is 21.8 Å². The summed E-state index contributed by atoms with van der Waals surface area (Å²) < 4.78 is 7.91.